The fourth-order valence-corrected chi connectivity index (χ4v) is 2.45. The molecule has 1 fully saturated rings. The fourth-order valence-electron chi connectivity index (χ4n) is 2.22. The Labute approximate surface area is 115 Å². The van der Waals surface area contributed by atoms with E-state index in [0.717, 1.165) is 29.8 Å². The zero-order valence-corrected chi connectivity index (χ0v) is 11.2. The van der Waals surface area contributed by atoms with Crippen molar-refractivity contribution in [3.05, 3.63) is 46.2 Å². The van der Waals surface area contributed by atoms with Gasteiger partial charge in [-0.1, -0.05) is 11.6 Å². The third kappa shape index (κ3) is 2.24. The van der Waals surface area contributed by atoms with Crippen LogP contribution in [0.2, 0.25) is 5.02 Å². The monoisotopic (exact) mass is 276 g/mol. The van der Waals surface area contributed by atoms with Crippen LogP contribution in [0, 0.1) is 6.92 Å². The van der Waals surface area contributed by atoms with Crippen molar-refractivity contribution in [3.63, 3.8) is 0 Å². The number of rotatable bonds is 3. The van der Waals surface area contributed by atoms with Crippen LogP contribution in [0.25, 0.3) is 5.69 Å². The molecule has 1 aliphatic rings. The van der Waals surface area contributed by atoms with Crippen LogP contribution in [-0.2, 0) is 0 Å². The molecule has 0 atom stereocenters. The lowest BCUT2D eigenvalue weighted by atomic mass is 10.2. The van der Waals surface area contributed by atoms with E-state index < -0.39 is 5.97 Å². The van der Waals surface area contributed by atoms with Crippen LogP contribution in [0.1, 0.15) is 40.5 Å². The minimum absolute atomic E-state index is 0.0938. The summed E-state index contributed by atoms with van der Waals surface area (Å²) >= 11 is 5.95. The Morgan fingerprint density at radius 3 is 2.74 bits per heavy atom. The second-order valence-corrected chi connectivity index (χ2v) is 5.31. The molecule has 1 heterocycles. The Bertz CT molecular complexity index is 659. The van der Waals surface area contributed by atoms with Crippen LogP contribution < -0.4 is 0 Å². The first-order valence-corrected chi connectivity index (χ1v) is 6.54. The molecule has 0 saturated heterocycles. The van der Waals surface area contributed by atoms with Gasteiger partial charge >= 0.3 is 5.97 Å². The molecule has 3 rings (SSSR count). The average Bonchev–Trinajstić information content (AvgIpc) is 3.09. The normalized spacial score (nSPS) is 14.6. The van der Waals surface area contributed by atoms with Gasteiger partial charge in [-0.2, -0.15) is 5.10 Å². The van der Waals surface area contributed by atoms with Gasteiger partial charge in [0.15, 0.2) is 5.69 Å². The first-order valence-electron chi connectivity index (χ1n) is 6.16. The molecule has 0 spiro atoms. The van der Waals surface area contributed by atoms with Gasteiger partial charge in [0.25, 0.3) is 0 Å². The van der Waals surface area contributed by atoms with Crippen LogP contribution in [0.5, 0.6) is 0 Å². The topological polar surface area (TPSA) is 55.1 Å². The number of benzene rings is 1. The Hall–Kier alpha value is -1.81. The number of aryl methyl sites for hydroxylation is 1. The standard InChI is InChI=1S/C14H13ClN2O2/c1-8-6-10(15)4-5-12(8)17-13(9-2-3-9)7-11(16-17)14(18)19/h4-7,9H,2-3H2,1H3,(H,18,19). The van der Waals surface area contributed by atoms with E-state index in [9.17, 15) is 4.79 Å². The Morgan fingerprint density at radius 1 is 1.42 bits per heavy atom. The zero-order chi connectivity index (χ0) is 13.6. The first kappa shape index (κ1) is 12.2. The van der Waals surface area contributed by atoms with E-state index in [-0.39, 0.29) is 5.69 Å². The quantitative estimate of drug-likeness (QED) is 0.935. The smallest absolute Gasteiger partial charge is 0.356 e. The molecule has 0 bridgehead atoms. The highest BCUT2D eigenvalue weighted by atomic mass is 35.5. The lowest BCUT2D eigenvalue weighted by Gasteiger charge is -2.09. The summed E-state index contributed by atoms with van der Waals surface area (Å²) in [6, 6.07) is 7.20. The van der Waals surface area contributed by atoms with Crippen molar-refractivity contribution >= 4 is 17.6 Å². The third-order valence-electron chi connectivity index (χ3n) is 3.34. The Morgan fingerprint density at radius 2 is 2.16 bits per heavy atom. The number of hydrogen-bond donors (Lipinski definition) is 1. The maximum absolute atomic E-state index is 11.1. The highest BCUT2D eigenvalue weighted by molar-refractivity contribution is 6.30. The third-order valence-corrected chi connectivity index (χ3v) is 3.57. The molecule has 0 radical (unpaired) electrons. The van der Waals surface area contributed by atoms with Gasteiger partial charge < -0.3 is 5.11 Å². The molecule has 1 aliphatic carbocycles. The number of aromatic carboxylic acids is 1. The average molecular weight is 277 g/mol. The number of nitrogens with zero attached hydrogens (tertiary/aromatic N) is 2. The van der Waals surface area contributed by atoms with E-state index in [4.69, 9.17) is 16.7 Å². The molecule has 0 unspecified atom stereocenters. The molecule has 5 heteroatoms. The van der Waals surface area contributed by atoms with Crippen molar-refractivity contribution in [2.24, 2.45) is 0 Å². The van der Waals surface area contributed by atoms with Gasteiger partial charge in [0.05, 0.1) is 5.69 Å². The van der Waals surface area contributed by atoms with E-state index in [1.54, 1.807) is 16.8 Å². The summed E-state index contributed by atoms with van der Waals surface area (Å²) in [4.78, 5) is 11.1. The van der Waals surface area contributed by atoms with Gasteiger partial charge in [-0.3, -0.25) is 0 Å². The van der Waals surface area contributed by atoms with Crippen LogP contribution in [0.15, 0.2) is 24.3 Å². The molecule has 1 saturated carbocycles. The summed E-state index contributed by atoms with van der Waals surface area (Å²) < 4.78 is 1.74. The van der Waals surface area contributed by atoms with Crippen LogP contribution in [-0.4, -0.2) is 20.9 Å². The van der Waals surface area contributed by atoms with Crippen molar-refractivity contribution in [2.75, 3.05) is 0 Å². The van der Waals surface area contributed by atoms with Crippen LogP contribution >= 0.6 is 11.6 Å². The summed E-state index contributed by atoms with van der Waals surface area (Å²) in [5.41, 5.74) is 2.94. The van der Waals surface area contributed by atoms with Crippen molar-refractivity contribution < 1.29 is 9.90 Å². The predicted molar refractivity (Wildman–Crippen MR) is 72.2 cm³/mol. The van der Waals surface area contributed by atoms with E-state index in [1.807, 2.05) is 19.1 Å². The van der Waals surface area contributed by atoms with Gasteiger partial charge in [-0.25, -0.2) is 9.48 Å². The summed E-state index contributed by atoms with van der Waals surface area (Å²) in [6.07, 6.45) is 2.19. The molecule has 0 amide bonds. The maximum atomic E-state index is 11.1. The SMILES string of the molecule is Cc1cc(Cl)ccc1-n1nc(C(=O)O)cc1C1CC1. The lowest BCUT2D eigenvalue weighted by molar-refractivity contribution is 0.0690. The number of carboxylic acids is 1. The van der Waals surface area contributed by atoms with Gasteiger partial charge in [0.1, 0.15) is 0 Å². The molecular formula is C14H13ClN2O2. The highest BCUT2D eigenvalue weighted by Crippen LogP contribution is 2.41. The van der Waals surface area contributed by atoms with Crippen LogP contribution in [0.3, 0.4) is 0 Å². The first-order chi connectivity index (χ1) is 9.06. The van der Waals surface area contributed by atoms with Gasteiger partial charge in [-0.15, -0.1) is 0 Å². The molecule has 19 heavy (non-hydrogen) atoms. The maximum Gasteiger partial charge on any atom is 0.356 e. The molecule has 2 aromatic rings. The number of hydrogen-bond acceptors (Lipinski definition) is 2. The van der Waals surface area contributed by atoms with E-state index in [1.165, 1.54) is 0 Å². The predicted octanol–water partition coefficient (Wildman–Crippen LogP) is 3.41. The van der Waals surface area contributed by atoms with Crippen LogP contribution in [0.4, 0.5) is 0 Å². The van der Waals surface area contributed by atoms with Crippen molar-refractivity contribution in [2.45, 2.75) is 25.7 Å². The molecule has 1 aromatic heterocycles. The fraction of sp³-hybridized carbons (Fsp3) is 0.286. The summed E-state index contributed by atoms with van der Waals surface area (Å²) in [5.74, 6) is -0.567. The number of carbonyl (C=O) groups is 1. The Balaban J connectivity index is 2.15. The van der Waals surface area contributed by atoms with E-state index in [2.05, 4.69) is 5.10 Å². The van der Waals surface area contributed by atoms with Crippen molar-refractivity contribution in [3.8, 4) is 5.69 Å². The lowest BCUT2D eigenvalue weighted by Crippen LogP contribution is -2.05. The molecule has 1 N–H and O–H groups in total. The number of aromatic nitrogens is 2. The Kier molecular flexibility index (Phi) is 2.82. The second-order valence-electron chi connectivity index (χ2n) is 4.88. The molecule has 1 aromatic carbocycles. The van der Waals surface area contributed by atoms with Crippen molar-refractivity contribution in [1.82, 2.24) is 9.78 Å². The van der Waals surface area contributed by atoms with E-state index in [0.29, 0.717) is 10.9 Å². The minimum Gasteiger partial charge on any atom is -0.476 e. The van der Waals surface area contributed by atoms with Gasteiger partial charge in [0.2, 0.25) is 0 Å². The highest BCUT2D eigenvalue weighted by Gasteiger charge is 2.30. The minimum atomic E-state index is -0.993. The zero-order valence-electron chi connectivity index (χ0n) is 10.4. The molecule has 0 aliphatic heterocycles. The number of carboxylic acid groups (broad SMARTS) is 1. The van der Waals surface area contributed by atoms with E-state index >= 15 is 0 Å². The summed E-state index contributed by atoms with van der Waals surface area (Å²) in [5, 5.41) is 14.0. The largest absolute Gasteiger partial charge is 0.476 e. The second kappa shape index (κ2) is 4.38. The summed E-state index contributed by atoms with van der Waals surface area (Å²) in [7, 11) is 0. The number of halogens is 1. The molecular weight excluding hydrogens is 264 g/mol. The molecule has 4 nitrogen and oxygen atoms in total. The van der Waals surface area contributed by atoms with Crippen molar-refractivity contribution in [1.29, 1.82) is 0 Å². The van der Waals surface area contributed by atoms with Gasteiger partial charge in [0, 0.05) is 16.6 Å². The molecule has 98 valence electrons. The van der Waals surface area contributed by atoms with Gasteiger partial charge in [-0.05, 0) is 49.6 Å². The summed E-state index contributed by atoms with van der Waals surface area (Å²) in [6.45, 7) is 1.94.